The minimum Gasteiger partial charge on any atom is -0.462 e. The Balaban J connectivity index is 5.24. The Morgan fingerprint density at radius 2 is 0.438 bits per heavy atom. The van der Waals surface area contributed by atoms with Crippen LogP contribution in [0.3, 0.4) is 0 Å². The zero-order chi connectivity index (χ0) is 71.0. The van der Waals surface area contributed by atoms with Crippen molar-refractivity contribution in [1.29, 1.82) is 0 Å². The Morgan fingerprint density at radius 3 is 0.646 bits per heavy atom. The van der Waals surface area contributed by atoms with Gasteiger partial charge in [-0.25, -0.2) is 9.13 Å². The van der Waals surface area contributed by atoms with Gasteiger partial charge in [-0.05, 0) is 49.4 Å². The van der Waals surface area contributed by atoms with E-state index in [1.807, 2.05) is 0 Å². The number of unbranched alkanes of at least 4 members (excludes halogenated alkanes) is 40. The third-order valence-corrected chi connectivity index (χ3v) is 19.7. The monoisotopic (exact) mass is 1410 g/mol. The predicted octanol–water partition coefficient (Wildman–Crippen LogP) is 22.4. The van der Waals surface area contributed by atoms with Crippen LogP contribution in [-0.2, 0) is 65.4 Å². The standard InChI is InChI=1S/C77H150O17P2/c1-67(2)53-45-37-29-23-17-11-9-10-12-20-26-32-41-49-57-74(79)87-63-72(93-76(81)59-51-43-33-27-21-15-13-18-24-30-38-46-54-68(3)4)65-91-95(83,84)89-61-71(78)62-90-96(85,86)92-66-73(64-88-75(80)58-50-42-36-35-40-48-56-70(7)8)94-77(82)60-52-44-34-28-22-16-14-19-25-31-39-47-55-69(5)6/h67-73,78H,9-66H2,1-8H3,(H,83,84)(H,85,86)/t71-,72-,73-/m1/s1. The van der Waals surface area contributed by atoms with E-state index in [1.165, 1.54) is 186 Å². The third kappa shape index (κ3) is 70.5. The van der Waals surface area contributed by atoms with Crippen LogP contribution in [-0.4, -0.2) is 96.7 Å². The van der Waals surface area contributed by atoms with E-state index < -0.39 is 97.5 Å². The SMILES string of the molecule is CC(C)CCCCCCCCCCCCCCCCC(=O)OC[C@H](COP(=O)(O)OC[C@@H](O)COP(=O)(O)OC[C@@H](COC(=O)CCCCCCCCC(C)C)OC(=O)CCCCCCCCCCCCCCC(C)C)OC(=O)CCCCCCCCCCCCCCC(C)C. The quantitative estimate of drug-likeness (QED) is 0.0222. The maximum absolute atomic E-state index is 13.1. The topological polar surface area (TPSA) is 237 Å². The van der Waals surface area contributed by atoms with E-state index >= 15 is 0 Å². The van der Waals surface area contributed by atoms with Crippen molar-refractivity contribution in [3.05, 3.63) is 0 Å². The predicted molar refractivity (Wildman–Crippen MR) is 391 cm³/mol. The first kappa shape index (κ1) is 94.1. The molecule has 19 heteroatoms. The van der Waals surface area contributed by atoms with Crippen molar-refractivity contribution in [2.45, 2.75) is 408 Å². The fourth-order valence-corrected chi connectivity index (χ4v) is 13.3. The third-order valence-electron chi connectivity index (χ3n) is 17.8. The van der Waals surface area contributed by atoms with Gasteiger partial charge in [-0.1, -0.05) is 338 Å². The summed E-state index contributed by atoms with van der Waals surface area (Å²) in [6.45, 7) is 14.2. The van der Waals surface area contributed by atoms with Crippen molar-refractivity contribution in [3.8, 4) is 0 Å². The summed E-state index contributed by atoms with van der Waals surface area (Å²) in [5.41, 5.74) is 0. The molecule has 0 amide bonds. The molecule has 0 fully saturated rings. The van der Waals surface area contributed by atoms with Gasteiger partial charge in [0.15, 0.2) is 12.2 Å². The summed E-state index contributed by atoms with van der Waals surface area (Å²) < 4.78 is 68.5. The lowest BCUT2D eigenvalue weighted by Gasteiger charge is -2.21. The lowest BCUT2D eigenvalue weighted by molar-refractivity contribution is -0.161. The highest BCUT2D eigenvalue weighted by atomic mass is 31.2. The maximum Gasteiger partial charge on any atom is 0.472 e. The second-order valence-corrected chi connectivity index (χ2v) is 32.6. The molecular formula is C77H150O17P2. The van der Waals surface area contributed by atoms with Crippen LogP contribution in [0.5, 0.6) is 0 Å². The molecule has 0 aromatic rings. The molecule has 0 bridgehead atoms. The van der Waals surface area contributed by atoms with Crippen LogP contribution in [0.15, 0.2) is 0 Å². The average Bonchev–Trinajstić information content (AvgIpc) is 1.64. The van der Waals surface area contributed by atoms with Crippen LogP contribution in [0, 0.1) is 23.7 Å². The van der Waals surface area contributed by atoms with Gasteiger partial charge < -0.3 is 33.8 Å². The van der Waals surface area contributed by atoms with E-state index in [0.717, 1.165) is 114 Å². The molecule has 17 nitrogen and oxygen atoms in total. The summed E-state index contributed by atoms with van der Waals surface area (Å²) >= 11 is 0. The first-order chi connectivity index (χ1) is 46.1. The molecule has 0 aliphatic rings. The van der Waals surface area contributed by atoms with E-state index in [1.54, 1.807) is 0 Å². The normalized spacial score (nSPS) is 14.1. The van der Waals surface area contributed by atoms with Crippen molar-refractivity contribution in [3.63, 3.8) is 0 Å². The number of ether oxygens (including phenoxy) is 4. The molecule has 0 heterocycles. The van der Waals surface area contributed by atoms with Gasteiger partial charge >= 0.3 is 39.5 Å². The number of phosphoric acid groups is 2. The first-order valence-corrected chi connectivity index (χ1v) is 42.7. The maximum atomic E-state index is 13.1. The lowest BCUT2D eigenvalue weighted by Crippen LogP contribution is -2.30. The van der Waals surface area contributed by atoms with Gasteiger partial charge in [-0.2, -0.15) is 0 Å². The molecule has 0 aromatic heterocycles. The molecule has 0 saturated carbocycles. The van der Waals surface area contributed by atoms with Gasteiger partial charge in [0.25, 0.3) is 0 Å². The summed E-state index contributed by atoms with van der Waals surface area (Å²) in [5.74, 6) is 0.912. The fraction of sp³-hybridized carbons (Fsp3) is 0.948. The summed E-state index contributed by atoms with van der Waals surface area (Å²) in [5, 5.41) is 10.6. The summed E-state index contributed by atoms with van der Waals surface area (Å²) in [4.78, 5) is 72.8. The molecule has 0 rings (SSSR count). The van der Waals surface area contributed by atoms with Crippen molar-refractivity contribution >= 4 is 39.5 Å². The minimum atomic E-state index is -4.96. The van der Waals surface area contributed by atoms with Crippen molar-refractivity contribution < 1.29 is 80.2 Å². The highest BCUT2D eigenvalue weighted by Crippen LogP contribution is 2.45. The molecule has 0 aromatic carbocycles. The Morgan fingerprint density at radius 1 is 0.260 bits per heavy atom. The van der Waals surface area contributed by atoms with Gasteiger partial charge in [0.05, 0.1) is 26.4 Å². The van der Waals surface area contributed by atoms with Crippen LogP contribution < -0.4 is 0 Å². The molecule has 0 aliphatic carbocycles. The van der Waals surface area contributed by atoms with Crippen molar-refractivity contribution in [1.82, 2.24) is 0 Å². The molecule has 0 aliphatic heterocycles. The molecule has 0 saturated heterocycles. The number of rotatable bonds is 74. The van der Waals surface area contributed by atoms with E-state index in [-0.39, 0.29) is 25.7 Å². The van der Waals surface area contributed by atoms with E-state index in [9.17, 15) is 43.2 Å². The van der Waals surface area contributed by atoms with E-state index in [4.69, 9.17) is 37.0 Å². The van der Waals surface area contributed by atoms with Crippen LogP contribution in [0.25, 0.3) is 0 Å². The van der Waals surface area contributed by atoms with E-state index in [0.29, 0.717) is 31.6 Å². The smallest absolute Gasteiger partial charge is 0.462 e. The van der Waals surface area contributed by atoms with Gasteiger partial charge in [0.2, 0.25) is 0 Å². The molecular weight excluding hydrogens is 1260 g/mol. The first-order valence-electron chi connectivity index (χ1n) is 39.7. The Hall–Kier alpha value is -1.94. The van der Waals surface area contributed by atoms with Gasteiger partial charge in [0.1, 0.15) is 19.3 Å². The van der Waals surface area contributed by atoms with E-state index in [2.05, 4.69) is 55.4 Å². The molecule has 2 unspecified atom stereocenters. The lowest BCUT2D eigenvalue weighted by atomic mass is 10.0. The van der Waals surface area contributed by atoms with Crippen LogP contribution in [0.2, 0.25) is 0 Å². The number of carbonyl (C=O) groups is 4. The summed E-state index contributed by atoms with van der Waals surface area (Å²) in [6.07, 6.45) is 51.4. The molecule has 570 valence electrons. The largest absolute Gasteiger partial charge is 0.472 e. The Labute approximate surface area is 588 Å². The van der Waals surface area contributed by atoms with Crippen molar-refractivity contribution in [2.75, 3.05) is 39.6 Å². The second-order valence-electron chi connectivity index (χ2n) is 29.7. The molecule has 96 heavy (non-hydrogen) atoms. The van der Waals surface area contributed by atoms with Crippen LogP contribution >= 0.6 is 15.6 Å². The molecule has 5 atom stereocenters. The highest BCUT2D eigenvalue weighted by Gasteiger charge is 2.30. The molecule has 0 radical (unpaired) electrons. The zero-order valence-corrected chi connectivity index (χ0v) is 64.8. The average molecular weight is 1410 g/mol. The zero-order valence-electron chi connectivity index (χ0n) is 63.0. The van der Waals surface area contributed by atoms with Crippen LogP contribution in [0.1, 0.15) is 389 Å². The summed E-state index contributed by atoms with van der Waals surface area (Å²) in [7, 11) is -9.91. The van der Waals surface area contributed by atoms with Gasteiger partial charge in [-0.3, -0.25) is 37.3 Å². The minimum absolute atomic E-state index is 0.105. The number of phosphoric ester groups is 2. The second kappa shape index (κ2) is 66.3. The number of hydrogen-bond donors (Lipinski definition) is 3. The number of esters is 4. The molecule has 3 N–H and O–H groups in total. The fourth-order valence-electron chi connectivity index (χ4n) is 11.7. The summed E-state index contributed by atoms with van der Waals surface area (Å²) in [6, 6.07) is 0. The van der Waals surface area contributed by atoms with Gasteiger partial charge in [0, 0.05) is 25.7 Å². The Kier molecular flexibility index (Phi) is 65.0. The molecule has 0 spiro atoms. The number of aliphatic hydroxyl groups excluding tert-OH is 1. The number of carbonyl (C=O) groups excluding carboxylic acids is 4. The van der Waals surface area contributed by atoms with Crippen molar-refractivity contribution in [2.24, 2.45) is 23.7 Å². The Bertz CT molecular complexity index is 1880. The van der Waals surface area contributed by atoms with Gasteiger partial charge in [-0.15, -0.1) is 0 Å². The van der Waals surface area contributed by atoms with Crippen LogP contribution in [0.4, 0.5) is 0 Å². The number of aliphatic hydroxyl groups is 1. The number of hydrogen-bond acceptors (Lipinski definition) is 15. The highest BCUT2D eigenvalue weighted by molar-refractivity contribution is 7.47.